The Hall–Kier alpha value is -1.66. The van der Waals surface area contributed by atoms with Crippen LogP contribution in [0.3, 0.4) is 0 Å². The van der Waals surface area contributed by atoms with Gasteiger partial charge in [0, 0.05) is 32.3 Å². The minimum Gasteiger partial charge on any atom is -0.381 e. The Balaban J connectivity index is 2.33. The molecule has 1 aliphatic heterocycles. The van der Waals surface area contributed by atoms with Crippen molar-refractivity contribution in [1.29, 1.82) is 0 Å². The zero-order valence-electron chi connectivity index (χ0n) is 11.9. The van der Waals surface area contributed by atoms with Gasteiger partial charge in [-0.05, 0) is 31.4 Å². The van der Waals surface area contributed by atoms with Crippen LogP contribution >= 0.6 is 0 Å². The summed E-state index contributed by atoms with van der Waals surface area (Å²) >= 11 is 0. The number of methoxy groups -OCH3 is 1. The largest absolute Gasteiger partial charge is 0.381 e. The lowest BCUT2D eigenvalue weighted by Crippen LogP contribution is -2.48. The van der Waals surface area contributed by atoms with Gasteiger partial charge in [-0.25, -0.2) is 0 Å². The molecule has 1 saturated heterocycles. The summed E-state index contributed by atoms with van der Waals surface area (Å²) < 4.78 is 5.39. The van der Waals surface area contributed by atoms with E-state index >= 15 is 0 Å². The van der Waals surface area contributed by atoms with Gasteiger partial charge in [-0.2, -0.15) is 0 Å². The molecule has 1 aromatic rings. The zero-order valence-corrected chi connectivity index (χ0v) is 11.9. The summed E-state index contributed by atoms with van der Waals surface area (Å²) in [7, 11) is 1.70. The number of ether oxygens (including phenoxy) is 1. The number of anilines is 1. The lowest BCUT2D eigenvalue weighted by Gasteiger charge is -2.39. The molecule has 0 aromatic heterocycles. The average molecular weight is 279 g/mol. The monoisotopic (exact) mass is 279 g/mol. The number of nitro groups is 1. The highest BCUT2D eigenvalue weighted by molar-refractivity contribution is 5.65. The predicted molar refractivity (Wildman–Crippen MR) is 78.1 cm³/mol. The van der Waals surface area contributed by atoms with Gasteiger partial charge in [0.1, 0.15) is 5.69 Å². The van der Waals surface area contributed by atoms with E-state index in [1.54, 1.807) is 13.2 Å². The second-order valence-electron chi connectivity index (χ2n) is 5.21. The third kappa shape index (κ3) is 2.91. The number of benzene rings is 1. The van der Waals surface area contributed by atoms with E-state index < -0.39 is 0 Å². The number of piperidine rings is 1. The molecule has 1 fully saturated rings. The summed E-state index contributed by atoms with van der Waals surface area (Å²) in [5.74, 6) is 0. The molecule has 2 N–H and O–H groups in total. The fourth-order valence-corrected chi connectivity index (χ4v) is 2.79. The van der Waals surface area contributed by atoms with Crippen molar-refractivity contribution in [3.8, 4) is 0 Å². The van der Waals surface area contributed by atoms with Crippen molar-refractivity contribution < 1.29 is 9.66 Å². The van der Waals surface area contributed by atoms with Gasteiger partial charge in [0.25, 0.3) is 5.69 Å². The Morgan fingerprint density at radius 2 is 2.30 bits per heavy atom. The van der Waals surface area contributed by atoms with E-state index in [-0.39, 0.29) is 22.8 Å². The molecule has 2 atom stereocenters. The van der Waals surface area contributed by atoms with Crippen LogP contribution in [0.4, 0.5) is 11.4 Å². The number of nitrogens with two attached hydrogens (primary N) is 1. The molecule has 1 aliphatic rings. The minimum absolute atomic E-state index is 0.0788. The molecule has 20 heavy (non-hydrogen) atoms. The Bertz CT molecular complexity index is 493. The van der Waals surface area contributed by atoms with E-state index in [0.29, 0.717) is 12.2 Å². The van der Waals surface area contributed by atoms with Gasteiger partial charge in [0.2, 0.25) is 0 Å². The van der Waals surface area contributed by atoms with Crippen LogP contribution < -0.4 is 10.6 Å². The standard InChI is InChI=1S/C14H21N3O3/c1-10-3-4-13(14(7-10)17(18)19)16-6-5-12(20-2)8-11(16)9-15/h3-4,7,11-12H,5-6,8-9,15H2,1-2H3. The number of hydrogen-bond acceptors (Lipinski definition) is 5. The Kier molecular flexibility index (Phi) is 4.57. The first-order valence-corrected chi connectivity index (χ1v) is 6.81. The summed E-state index contributed by atoms with van der Waals surface area (Å²) in [6.45, 7) is 3.05. The third-order valence-electron chi connectivity index (χ3n) is 3.91. The van der Waals surface area contributed by atoms with E-state index in [2.05, 4.69) is 0 Å². The number of nitrogens with zero attached hydrogens (tertiary/aromatic N) is 2. The molecular formula is C14H21N3O3. The average Bonchev–Trinajstić information content (AvgIpc) is 2.46. The van der Waals surface area contributed by atoms with Gasteiger partial charge >= 0.3 is 0 Å². The van der Waals surface area contributed by atoms with Crippen LogP contribution in [0.15, 0.2) is 18.2 Å². The van der Waals surface area contributed by atoms with E-state index in [0.717, 1.165) is 24.9 Å². The van der Waals surface area contributed by atoms with Crippen molar-refractivity contribution in [1.82, 2.24) is 0 Å². The van der Waals surface area contributed by atoms with Crippen molar-refractivity contribution in [2.75, 3.05) is 25.1 Å². The van der Waals surface area contributed by atoms with Gasteiger partial charge in [-0.15, -0.1) is 0 Å². The van der Waals surface area contributed by atoms with Crippen LogP contribution in [0.5, 0.6) is 0 Å². The number of aryl methyl sites for hydroxylation is 1. The first-order valence-electron chi connectivity index (χ1n) is 6.81. The van der Waals surface area contributed by atoms with E-state index in [4.69, 9.17) is 10.5 Å². The molecule has 0 spiro atoms. The summed E-state index contributed by atoms with van der Waals surface area (Å²) in [5.41, 5.74) is 7.53. The SMILES string of the molecule is COC1CCN(c2ccc(C)cc2[N+](=O)[O-])C(CN)C1. The molecule has 2 rings (SSSR count). The summed E-state index contributed by atoms with van der Waals surface area (Å²) in [6, 6.07) is 5.42. The maximum absolute atomic E-state index is 11.3. The van der Waals surface area contributed by atoms with E-state index in [1.807, 2.05) is 24.0 Å². The van der Waals surface area contributed by atoms with E-state index in [1.165, 1.54) is 0 Å². The smallest absolute Gasteiger partial charge is 0.292 e. The van der Waals surface area contributed by atoms with Crippen molar-refractivity contribution in [2.24, 2.45) is 5.73 Å². The molecule has 6 heteroatoms. The van der Waals surface area contributed by atoms with Crippen LogP contribution in [-0.4, -0.2) is 37.3 Å². The van der Waals surface area contributed by atoms with Crippen LogP contribution in [0.2, 0.25) is 0 Å². The zero-order chi connectivity index (χ0) is 14.7. The molecule has 1 aromatic carbocycles. The Labute approximate surface area is 118 Å². The first-order chi connectivity index (χ1) is 9.56. The molecule has 0 bridgehead atoms. The van der Waals surface area contributed by atoms with Crippen molar-refractivity contribution in [3.63, 3.8) is 0 Å². The van der Waals surface area contributed by atoms with Crippen molar-refractivity contribution >= 4 is 11.4 Å². The summed E-state index contributed by atoms with van der Waals surface area (Å²) in [6.07, 6.45) is 1.85. The van der Waals surface area contributed by atoms with Crippen molar-refractivity contribution in [3.05, 3.63) is 33.9 Å². The highest BCUT2D eigenvalue weighted by Gasteiger charge is 2.31. The van der Waals surface area contributed by atoms with Crippen LogP contribution in [0.1, 0.15) is 18.4 Å². The van der Waals surface area contributed by atoms with E-state index in [9.17, 15) is 10.1 Å². The summed E-state index contributed by atoms with van der Waals surface area (Å²) in [4.78, 5) is 13.0. The molecule has 0 radical (unpaired) electrons. The highest BCUT2D eigenvalue weighted by atomic mass is 16.6. The first kappa shape index (κ1) is 14.7. The van der Waals surface area contributed by atoms with Gasteiger partial charge in [-0.3, -0.25) is 10.1 Å². The second kappa shape index (κ2) is 6.19. The fraction of sp³-hybridized carbons (Fsp3) is 0.571. The molecule has 110 valence electrons. The normalized spacial score (nSPS) is 22.9. The molecule has 0 aliphatic carbocycles. The van der Waals surface area contributed by atoms with Gasteiger partial charge < -0.3 is 15.4 Å². The number of nitro benzene ring substituents is 1. The topological polar surface area (TPSA) is 81.6 Å². The third-order valence-corrected chi connectivity index (χ3v) is 3.91. The Morgan fingerprint density at radius 1 is 1.55 bits per heavy atom. The van der Waals surface area contributed by atoms with Crippen LogP contribution in [0.25, 0.3) is 0 Å². The van der Waals surface area contributed by atoms with Crippen LogP contribution in [0, 0.1) is 17.0 Å². The maximum Gasteiger partial charge on any atom is 0.292 e. The second-order valence-corrected chi connectivity index (χ2v) is 5.21. The van der Waals surface area contributed by atoms with Gasteiger partial charge in [0.15, 0.2) is 0 Å². The molecular weight excluding hydrogens is 258 g/mol. The quantitative estimate of drug-likeness (QED) is 0.672. The fourth-order valence-electron chi connectivity index (χ4n) is 2.79. The molecule has 0 saturated carbocycles. The number of hydrogen-bond donors (Lipinski definition) is 1. The Morgan fingerprint density at radius 3 is 2.90 bits per heavy atom. The molecule has 2 unspecified atom stereocenters. The number of rotatable bonds is 4. The van der Waals surface area contributed by atoms with Crippen molar-refractivity contribution in [2.45, 2.75) is 31.9 Å². The maximum atomic E-state index is 11.3. The minimum atomic E-state index is -0.321. The van der Waals surface area contributed by atoms with Gasteiger partial charge in [-0.1, -0.05) is 6.07 Å². The molecule has 6 nitrogen and oxygen atoms in total. The predicted octanol–water partition coefficient (Wildman–Crippen LogP) is 1.85. The lowest BCUT2D eigenvalue weighted by atomic mass is 9.98. The highest BCUT2D eigenvalue weighted by Crippen LogP contribution is 2.33. The van der Waals surface area contributed by atoms with Gasteiger partial charge in [0.05, 0.1) is 11.0 Å². The molecule has 1 heterocycles. The summed E-state index contributed by atoms with van der Waals surface area (Å²) in [5, 5.41) is 11.3. The van der Waals surface area contributed by atoms with Crippen LogP contribution in [-0.2, 0) is 4.74 Å². The lowest BCUT2D eigenvalue weighted by molar-refractivity contribution is -0.384. The molecule has 0 amide bonds.